The summed E-state index contributed by atoms with van der Waals surface area (Å²) < 4.78 is 11.8. The molecule has 4 atom stereocenters. The number of piperidine rings is 1. The molecule has 0 aromatic rings. The fourth-order valence-electron chi connectivity index (χ4n) is 2.85. The number of fused-ring (bicyclic) bond motifs is 1. The molecule has 3 unspecified atom stereocenters. The molecule has 2 fully saturated rings. The van der Waals surface area contributed by atoms with Gasteiger partial charge in [-0.15, -0.1) is 0 Å². The summed E-state index contributed by atoms with van der Waals surface area (Å²) >= 11 is 0. The molecule has 0 saturated carbocycles. The van der Waals surface area contributed by atoms with Crippen LogP contribution in [0.3, 0.4) is 0 Å². The van der Waals surface area contributed by atoms with Gasteiger partial charge in [0.05, 0.1) is 12.2 Å². The average molecular weight is 229 g/mol. The van der Waals surface area contributed by atoms with E-state index >= 15 is 0 Å². The zero-order valence-electron chi connectivity index (χ0n) is 10.6. The third-order valence-electron chi connectivity index (χ3n) is 3.29. The van der Waals surface area contributed by atoms with Crippen LogP contribution >= 0.6 is 0 Å². The van der Waals surface area contributed by atoms with Crippen LogP contribution in [0.15, 0.2) is 0 Å². The summed E-state index contributed by atoms with van der Waals surface area (Å²) in [7, 11) is 0. The van der Waals surface area contributed by atoms with Gasteiger partial charge in [-0.25, -0.2) is 0 Å². The van der Waals surface area contributed by atoms with Crippen molar-refractivity contribution in [1.82, 2.24) is 4.90 Å². The van der Waals surface area contributed by atoms with E-state index in [0.717, 1.165) is 19.6 Å². The third-order valence-corrected chi connectivity index (χ3v) is 3.29. The van der Waals surface area contributed by atoms with Crippen molar-refractivity contribution in [3.63, 3.8) is 0 Å². The van der Waals surface area contributed by atoms with E-state index in [1.165, 1.54) is 0 Å². The number of β-amino-alcohol motifs (C(OH)–C–C–N with tert-alkyl or cyclic N) is 1. The van der Waals surface area contributed by atoms with E-state index in [-0.39, 0.29) is 18.3 Å². The summed E-state index contributed by atoms with van der Waals surface area (Å²) in [6.07, 6.45) is 0.0804. The molecule has 2 rings (SSSR count). The first kappa shape index (κ1) is 12.3. The Kier molecular flexibility index (Phi) is 3.27. The van der Waals surface area contributed by atoms with Crippen LogP contribution in [0.25, 0.3) is 0 Å². The molecule has 2 aliphatic heterocycles. The molecular formula is C12H23NO3. The van der Waals surface area contributed by atoms with Gasteiger partial charge in [0.1, 0.15) is 6.10 Å². The maximum Gasteiger partial charge on any atom is 0.163 e. The molecule has 2 saturated heterocycles. The third kappa shape index (κ3) is 2.56. The molecule has 0 radical (unpaired) electrons. The molecule has 4 nitrogen and oxygen atoms in total. The summed E-state index contributed by atoms with van der Waals surface area (Å²) in [6, 6.07) is 0. The lowest BCUT2D eigenvalue weighted by Crippen LogP contribution is -2.51. The highest BCUT2D eigenvalue weighted by Gasteiger charge is 2.47. The zero-order chi connectivity index (χ0) is 11.9. The minimum Gasteiger partial charge on any atom is -0.392 e. The second-order valence-electron chi connectivity index (χ2n) is 5.68. The van der Waals surface area contributed by atoms with Crippen LogP contribution in [-0.4, -0.2) is 53.7 Å². The first-order chi connectivity index (χ1) is 7.37. The fourth-order valence-corrected chi connectivity index (χ4v) is 2.85. The Balaban J connectivity index is 1.99. The second kappa shape index (κ2) is 4.26. The van der Waals surface area contributed by atoms with E-state index in [1.54, 1.807) is 0 Å². The van der Waals surface area contributed by atoms with Gasteiger partial charge < -0.3 is 14.6 Å². The summed E-state index contributed by atoms with van der Waals surface area (Å²) in [6.45, 7) is 10.5. The first-order valence-electron chi connectivity index (χ1n) is 6.13. The number of ether oxygens (including phenoxy) is 2. The molecule has 2 aliphatic rings. The summed E-state index contributed by atoms with van der Waals surface area (Å²) in [4.78, 5) is 2.27. The monoisotopic (exact) mass is 229 g/mol. The smallest absolute Gasteiger partial charge is 0.163 e. The predicted octanol–water partition coefficient (Wildman–Crippen LogP) is 0.839. The predicted molar refractivity (Wildman–Crippen MR) is 61.1 cm³/mol. The Bertz CT molecular complexity index is 255. The van der Waals surface area contributed by atoms with Crippen molar-refractivity contribution < 1.29 is 14.6 Å². The van der Waals surface area contributed by atoms with E-state index in [1.807, 2.05) is 20.8 Å². The fraction of sp³-hybridized carbons (Fsp3) is 1.00. The van der Waals surface area contributed by atoms with Crippen LogP contribution in [0.5, 0.6) is 0 Å². The van der Waals surface area contributed by atoms with Crippen LogP contribution < -0.4 is 0 Å². The second-order valence-corrected chi connectivity index (χ2v) is 5.68. The Morgan fingerprint density at radius 2 is 2.06 bits per heavy atom. The molecule has 0 spiro atoms. The first-order valence-corrected chi connectivity index (χ1v) is 6.13. The molecule has 0 bridgehead atoms. The number of nitrogens with zero attached hydrogens (tertiary/aromatic N) is 1. The molecule has 2 heterocycles. The SMILES string of the molecule is CC(O)CN1CC(C)C2OC(C)(C)O[C@@H]2C1. The van der Waals surface area contributed by atoms with E-state index < -0.39 is 5.79 Å². The van der Waals surface area contributed by atoms with Crippen LogP contribution in [0.4, 0.5) is 0 Å². The molecule has 0 amide bonds. The number of aliphatic hydroxyl groups is 1. The van der Waals surface area contributed by atoms with Crippen molar-refractivity contribution in [1.29, 1.82) is 0 Å². The number of rotatable bonds is 2. The van der Waals surface area contributed by atoms with E-state index in [9.17, 15) is 5.11 Å². The summed E-state index contributed by atoms with van der Waals surface area (Å²) in [5.74, 6) is 0.00373. The van der Waals surface area contributed by atoms with Crippen molar-refractivity contribution >= 4 is 0 Å². The van der Waals surface area contributed by atoms with Gasteiger partial charge in [-0.05, 0) is 26.7 Å². The minimum atomic E-state index is -0.454. The topological polar surface area (TPSA) is 41.9 Å². The molecule has 0 aromatic carbocycles. The van der Waals surface area contributed by atoms with E-state index in [4.69, 9.17) is 9.47 Å². The van der Waals surface area contributed by atoms with Gasteiger partial charge in [-0.1, -0.05) is 6.92 Å². The Labute approximate surface area is 97.5 Å². The van der Waals surface area contributed by atoms with Gasteiger partial charge in [-0.2, -0.15) is 0 Å². The van der Waals surface area contributed by atoms with E-state index in [2.05, 4.69) is 11.8 Å². The highest BCUT2D eigenvalue weighted by molar-refractivity contribution is 4.92. The minimum absolute atomic E-state index is 0.150. The molecule has 1 N–H and O–H groups in total. The van der Waals surface area contributed by atoms with Crippen molar-refractivity contribution in [2.45, 2.75) is 51.8 Å². The van der Waals surface area contributed by atoms with Crippen LogP contribution in [0.2, 0.25) is 0 Å². The normalized spacial score (nSPS) is 40.7. The summed E-state index contributed by atoms with van der Waals surface area (Å²) in [5, 5.41) is 9.42. The van der Waals surface area contributed by atoms with Crippen molar-refractivity contribution in [3.8, 4) is 0 Å². The Morgan fingerprint density at radius 1 is 1.38 bits per heavy atom. The van der Waals surface area contributed by atoms with Crippen LogP contribution in [0, 0.1) is 5.92 Å². The van der Waals surface area contributed by atoms with Gasteiger partial charge in [0.2, 0.25) is 0 Å². The maximum atomic E-state index is 9.42. The number of aliphatic hydroxyl groups excluding tert-OH is 1. The largest absolute Gasteiger partial charge is 0.392 e. The standard InChI is InChI=1S/C12H23NO3/c1-8-5-13(6-9(2)14)7-10-11(8)16-12(3,4)15-10/h8-11,14H,5-7H2,1-4H3/t8?,9?,10-,11?/m1/s1. The molecule has 16 heavy (non-hydrogen) atoms. The molecule has 94 valence electrons. The summed E-state index contributed by atoms with van der Waals surface area (Å²) in [5.41, 5.74) is 0. The number of likely N-dealkylation sites (tertiary alicyclic amines) is 1. The highest BCUT2D eigenvalue weighted by atomic mass is 16.8. The zero-order valence-corrected chi connectivity index (χ0v) is 10.6. The van der Waals surface area contributed by atoms with Crippen molar-refractivity contribution in [2.75, 3.05) is 19.6 Å². The lowest BCUT2D eigenvalue weighted by Gasteiger charge is -2.37. The number of hydrogen-bond acceptors (Lipinski definition) is 4. The van der Waals surface area contributed by atoms with Crippen molar-refractivity contribution in [3.05, 3.63) is 0 Å². The van der Waals surface area contributed by atoms with Crippen LogP contribution in [0.1, 0.15) is 27.7 Å². The van der Waals surface area contributed by atoms with Gasteiger partial charge in [0.25, 0.3) is 0 Å². The van der Waals surface area contributed by atoms with Crippen molar-refractivity contribution in [2.24, 2.45) is 5.92 Å². The Hall–Kier alpha value is -0.160. The molecule has 0 aromatic heterocycles. The van der Waals surface area contributed by atoms with E-state index in [0.29, 0.717) is 5.92 Å². The average Bonchev–Trinajstić information content (AvgIpc) is 2.38. The number of hydrogen-bond donors (Lipinski definition) is 1. The van der Waals surface area contributed by atoms with Crippen LogP contribution in [-0.2, 0) is 9.47 Å². The highest BCUT2D eigenvalue weighted by Crippen LogP contribution is 2.35. The Morgan fingerprint density at radius 3 is 2.69 bits per heavy atom. The quantitative estimate of drug-likeness (QED) is 0.762. The maximum absolute atomic E-state index is 9.42. The van der Waals surface area contributed by atoms with Gasteiger partial charge in [-0.3, -0.25) is 4.90 Å². The van der Waals surface area contributed by atoms with Gasteiger partial charge in [0.15, 0.2) is 5.79 Å². The lowest BCUT2D eigenvalue weighted by molar-refractivity contribution is -0.147. The lowest BCUT2D eigenvalue weighted by atomic mass is 9.94. The molecular weight excluding hydrogens is 206 g/mol. The van der Waals surface area contributed by atoms with Gasteiger partial charge in [0, 0.05) is 19.6 Å². The molecule has 0 aliphatic carbocycles. The van der Waals surface area contributed by atoms with Gasteiger partial charge >= 0.3 is 0 Å². The molecule has 4 heteroatoms.